The maximum atomic E-state index is 12.9. The van der Waals surface area contributed by atoms with Crippen molar-refractivity contribution < 1.29 is 9.59 Å². The molecule has 0 saturated heterocycles. The fourth-order valence-electron chi connectivity index (χ4n) is 4.56. The van der Waals surface area contributed by atoms with E-state index in [0.717, 1.165) is 38.5 Å². The zero-order valence-corrected chi connectivity index (χ0v) is 15.8. The van der Waals surface area contributed by atoms with Crippen molar-refractivity contribution in [3.8, 4) is 0 Å². The van der Waals surface area contributed by atoms with Crippen LogP contribution in [0, 0.1) is 23.7 Å². The Labute approximate surface area is 151 Å². The second-order valence-corrected chi connectivity index (χ2v) is 8.22. The number of rotatable bonds is 5. The molecule has 2 fully saturated rings. The number of ketones is 1. The summed E-state index contributed by atoms with van der Waals surface area (Å²) in [6.45, 7) is 6.45. The number of aryl methyl sites for hydroxylation is 1. The van der Waals surface area contributed by atoms with Crippen LogP contribution >= 0.6 is 0 Å². The lowest BCUT2D eigenvalue weighted by Crippen LogP contribution is -2.44. The molecule has 3 nitrogen and oxygen atoms in total. The Hall–Kier alpha value is -1.64. The van der Waals surface area contributed by atoms with Crippen LogP contribution in [0.5, 0.6) is 0 Å². The highest BCUT2D eigenvalue weighted by atomic mass is 16.2. The Morgan fingerprint density at radius 2 is 1.72 bits per heavy atom. The van der Waals surface area contributed by atoms with Crippen LogP contribution in [0.15, 0.2) is 24.3 Å². The SMILES string of the molecule is CCc1ccc([C@@H](NC(=O)C2C[C@H]3CCC[C@@H](C2)C3=O)C(C)C)cc1. The van der Waals surface area contributed by atoms with Gasteiger partial charge in [0.2, 0.25) is 5.91 Å². The molecule has 2 aliphatic rings. The Bertz CT molecular complexity index is 603. The molecule has 136 valence electrons. The van der Waals surface area contributed by atoms with Crippen molar-refractivity contribution in [1.29, 1.82) is 0 Å². The second kappa shape index (κ2) is 7.72. The quantitative estimate of drug-likeness (QED) is 0.859. The van der Waals surface area contributed by atoms with Crippen LogP contribution in [-0.4, -0.2) is 11.7 Å². The lowest BCUT2D eigenvalue weighted by atomic mass is 9.67. The number of fused-ring (bicyclic) bond motifs is 2. The normalized spacial score (nSPS) is 27.2. The van der Waals surface area contributed by atoms with Gasteiger partial charge in [0.05, 0.1) is 6.04 Å². The molecule has 2 saturated carbocycles. The Morgan fingerprint density at radius 3 is 2.24 bits per heavy atom. The first-order valence-corrected chi connectivity index (χ1v) is 9.92. The molecule has 0 heterocycles. The summed E-state index contributed by atoms with van der Waals surface area (Å²) in [5, 5.41) is 3.29. The van der Waals surface area contributed by atoms with E-state index < -0.39 is 0 Å². The Morgan fingerprint density at radius 1 is 1.12 bits per heavy atom. The number of carbonyl (C=O) groups is 2. The molecular formula is C22H31NO2. The van der Waals surface area contributed by atoms with Gasteiger partial charge in [-0.05, 0) is 49.1 Å². The van der Waals surface area contributed by atoms with Gasteiger partial charge in [0.1, 0.15) is 5.78 Å². The van der Waals surface area contributed by atoms with Crippen LogP contribution in [0.4, 0.5) is 0 Å². The summed E-state index contributed by atoms with van der Waals surface area (Å²) in [7, 11) is 0. The molecule has 0 aliphatic heterocycles. The van der Waals surface area contributed by atoms with Crippen molar-refractivity contribution in [2.24, 2.45) is 23.7 Å². The lowest BCUT2D eigenvalue weighted by Gasteiger charge is -2.37. The average Bonchev–Trinajstić information content (AvgIpc) is 2.59. The van der Waals surface area contributed by atoms with Crippen LogP contribution in [0.25, 0.3) is 0 Å². The van der Waals surface area contributed by atoms with E-state index in [1.807, 2.05) is 0 Å². The molecule has 4 atom stereocenters. The van der Waals surface area contributed by atoms with E-state index in [4.69, 9.17) is 0 Å². The van der Waals surface area contributed by atoms with E-state index >= 15 is 0 Å². The Balaban J connectivity index is 1.69. The molecule has 1 aromatic rings. The van der Waals surface area contributed by atoms with E-state index in [0.29, 0.717) is 11.7 Å². The molecule has 3 rings (SSSR count). The first kappa shape index (κ1) is 18.2. The number of Topliss-reactive ketones (excluding diaryl/α,β-unsaturated/α-hetero) is 1. The first-order chi connectivity index (χ1) is 12.0. The fourth-order valence-corrected chi connectivity index (χ4v) is 4.56. The van der Waals surface area contributed by atoms with Gasteiger partial charge in [0, 0.05) is 17.8 Å². The van der Waals surface area contributed by atoms with Crippen LogP contribution in [0.2, 0.25) is 0 Å². The highest BCUT2D eigenvalue weighted by molar-refractivity contribution is 5.88. The van der Waals surface area contributed by atoms with Crippen LogP contribution in [0.3, 0.4) is 0 Å². The van der Waals surface area contributed by atoms with Gasteiger partial charge in [-0.2, -0.15) is 0 Å². The van der Waals surface area contributed by atoms with Gasteiger partial charge in [-0.1, -0.05) is 51.5 Å². The van der Waals surface area contributed by atoms with E-state index in [2.05, 4.69) is 50.4 Å². The molecule has 1 N–H and O–H groups in total. The second-order valence-electron chi connectivity index (χ2n) is 8.22. The number of amides is 1. The summed E-state index contributed by atoms with van der Waals surface area (Å²) in [6, 6.07) is 8.63. The van der Waals surface area contributed by atoms with Crippen molar-refractivity contribution in [3.63, 3.8) is 0 Å². The maximum absolute atomic E-state index is 12.9. The van der Waals surface area contributed by atoms with E-state index in [1.165, 1.54) is 11.1 Å². The fraction of sp³-hybridized carbons (Fsp3) is 0.636. The third-order valence-corrected chi connectivity index (χ3v) is 6.13. The summed E-state index contributed by atoms with van der Waals surface area (Å²) >= 11 is 0. The van der Waals surface area contributed by atoms with Crippen molar-refractivity contribution in [3.05, 3.63) is 35.4 Å². The van der Waals surface area contributed by atoms with E-state index in [-0.39, 0.29) is 29.7 Å². The van der Waals surface area contributed by atoms with Gasteiger partial charge in [-0.25, -0.2) is 0 Å². The molecule has 1 aromatic carbocycles. The van der Waals surface area contributed by atoms with E-state index in [1.54, 1.807) is 0 Å². The number of hydrogen-bond donors (Lipinski definition) is 1. The van der Waals surface area contributed by atoms with Gasteiger partial charge in [0.25, 0.3) is 0 Å². The summed E-state index contributed by atoms with van der Waals surface area (Å²) in [6.07, 6.45) is 5.63. The highest BCUT2D eigenvalue weighted by Crippen LogP contribution is 2.40. The smallest absolute Gasteiger partial charge is 0.223 e. The molecule has 2 bridgehead atoms. The predicted octanol–water partition coefficient (Wildman–Crippen LogP) is 4.46. The molecular weight excluding hydrogens is 310 g/mol. The molecule has 0 aromatic heterocycles. The average molecular weight is 341 g/mol. The molecule has 1 amide bonds. The number of hydrogen-bond acceptors (Lipinski definition) is 2. The maximum Gasteiger partial charge on any atom is 0.223 e. The van der Waals surface area contributed by atoms with Gasteiger partial charge in [-0.3, -0.25) is 9.59 Å². The van der Waals surface area contributed by atoms with Crippen LogP contribution in [0.1, 0.15) is 70.0 Å². The molecule has 2 aliphatic carbocycles. The monoisotopic (exact) mass is 341 g/mol. The topological polar surface area (TPSA) is 46.2 Å². The summed E-state index contributed by atoms with van der Waals surface area (Å²) < 4.78 is 0. The van der Waals surface area contributed by atoms with Crippen LogP contribution < -0.4 is 5.32 Å². The minimum Gasteiger partial charge on any atom is -0.349 e. The highest BCUT2D eigenvalue weighted by Gasteiger charge is 2.41. The number of carbonyl (C=O) groups excluding carboxylic acids is 2. The van der Waals surface area contributed by atoms with Gasteiger partial charge in [-0.15, -0.1) is 0 Å². The minimum absolute atomic E-state index is 0.00386. The third kappa shape index (κ3) is 3.96. The number of nitrogens with one attached hydrogen (secondary N) is 1. The zero-order chi connectivity index (χ0) is 18.0. The van der Waals surface area contributed by atoms with Gasteiger partial charge >= 0.3 is 0 Å². The summed E-state index contributed by atoms with van der Waals surface area (Å²) in [4.78, 5) is 25.2. The minimum atomic E-state index is 0.00386. The van der Waals surface area contributed by atoms with Gasteiger partial charge < -0.3 is 5.32 Å². The zero-order valence-electron chi connectivity index (χ0n) is 15.8. The molecule has 0 radical (unpaired) electrons. The van der Waals surface area contributed by atoms with Crippen LogP contribution in [-0.2, 0) is 16.0 Å². The summed E-state index contributed by atoms with van der Waals surface area (Å²) in [5.41, 5.74) is 2.49. The van der Waals surface area contributed by atoms with Gasteiger partial charge in [0.15, 0.2) is 0 Å². The standard InChI is InChI=1S/C22H31NO2/c1-4-15-8-10-16(11-9-15)20(14(2)3)23-22(25)19-12-17-6-5-7-18(13-19)21(17)24/h8-11,14,17-20H,4-7,12-13H2,1-3H3,(H,23,25)/t17-,18+,19?,20-/m0/s1. The van der Waals surface area contributed by atoms with Crippen molar-refractivity contribution >= 4 is 11.7 Å². The summed E-state index contributed by atoms with van der Waals surface area (Å²) in [5.74, 6) is 1.16. The molecule has 0 spiro atoms. The van der Waals surface area contributed by atoms with E-state index in [9.17, 15) is 9.59 Å². The van der Waals surface area contributed by atoms with Crippen molar-refractivity contribution in [2.45, 2.75) is 65.3 Å². The number of benzene rings is 1. The molecule has 25 heavy (non-hydrogen) atoms. The Kier molecular flexibility index (Phi) is 5.61. The molecule has 3 heteroatoms. The van der Waals surface area contributed by atoms with Crippen molar-refractivity contribution in [1.82, 2.24) is 5.32 Å². The van der Waals surface area contributed by atoms with Crippen molar-refractivity contribution in [2.75, 3.05) is 0 Å². The first-order valence-electron chi connectivity index (χ1n) is 9.92. The molecule has 1 unspecified atom stereocenters. The predicted molar refractivity (Wildman–Crippen MR) is 100 cm³/mol. The third-order valence-electron chi connectivity index (χ3n) is 6.13. The lowest BCUT2D eigenvalue weighted by molar-refractivity contribution is -0.138. The largest absolute Gasteiger partial charge is 0.349 e.